The summed E-state index contributed by atoms with van der Waals surface area (Å²) in [4.78, 5) is 14.6. The Hall–Kier alpha value is -2.23. The molecule has 2 N–H and O–H groups in total. The third-order valence-corrected chi connectivity index (χ3v) is 6.29. The van der Waals surface area contributed by atoms with Crippen LogP contribution in [0.5, 0.6) is 0 Å². The first kappa shape index (κ1) is 25.4. The summed E-state index contributed by atoms with van der Waals surface area (Å²) in [6.07, 6.45) is -3.63. The molecule has 1 aromatic rings. The number of alkyl halides is 6. The van der Waals surface area contributed by atoms with E-state index in [4.69, 9.17) is 0 Å². The van der Waals surface area contributed by atoms with E-state index in [1.165, 1.54) is 12.8 Å². The molecule has 33 heavy (non-hydrogen) atoms. The third-order valence-electron chi connectivity index (χ3n) is 6.29. The summed E-state index contributed by atoms with van der Waals surface area (Å²) >= 11 is 0. The number of hydrogen-bond donors (Lipinski definition) is 2. The van der Waals surface area contributed by atoms with Crippen molar-refractivity contribution >= 4 is 5.91 Å². The number of carbonyl (C=O) groups excluding carboxylic acids is 1. The fourth-order valence-corrected chi connectivity index (χ4v) is 4.45. The number of likely N-dealkylation sites (tertiary alicyclic amines) is 1. The quantitative estimate of drug-likeness (QED) is 0.530. The molecule has 1 aliphatic heterocycles. The van der Waals surface area contributed by atoms with Crippen molar-refractivity contribution in [2.24, 2.45) is 5.92 Å². The Bertz CT molecular complexity index is 805. The summed E-state index contributed by atoms with van der Waals surface area (Å²) in [6.45, 7) is 6.61. The molecule has 0 spiro atoms. The van der Waals surface area contributed by atoms with Crippen LogP contribution in [0.2, 0.25) is 0 Å². The zero-order valence-electron chi connectivity index (χ0n) is 18.3. The second-order valence-electron chi connectivity index (χ2n) is 8.95. The summed E-state index contributed by atoms with van der Waals surface area (Å²) in [5.74, 6) is -0.836. The number of hydrogen-bond acceptors (Lipinski definition) is 3. The van der Waals surface area contributed by atoms with Crippen molar-refractivity contribution in [3.8, 4) is 0 Å². The molecule has 4 nitrogen and oxygen atoms in total. The predicted octanol–water partition coefficient (Wildman–Crippen LogP) is 5.21. The van der Waals surface area contributed by atoms with Gasteiger partial charge in [-0.05, 0) is 62.9 Å². The molecule has 1 amide bonds. The molecule has 2 aliphatic rings. The van der Waals surface area contributed by atoms with Crippen molar-refractivity contribution < 1.29 is 31.1 Å². The van der Waals surface area contributed by atoms with Gasteiger partial charge in [-0.3, -0.25) is 9.69 Å². The van der Waals surface area contributed by atoms with Gasteiger partial charge in [0.15, 0.2) is 0 Å². The fourth-order valence-electron chi connectivity index (χ4n) is 4.45. The zero-order valence-corrected chi connectivity index (χ0v) is 18.3. The lowest BCUT2D eigenvalue weighted by molar-refractivity contribution is -0.143. The first-order valence-electron chi connectivity index (χ1n) is 11.2. The Morgan fingerprint density at radius 1 is 0.939 bits per heavy atom. The van der Waals surface area contributed by atoms with Gasteiger partial charge >= 0.3 is 12.4 Å². The summed E-state index contributed by atoms with van der Waals surface area (Å²) in [6, 6.07) is 1.42. The Morgan fingerprint density at radius 3 is 2.00 bits per heavy atom. The van der Waals surface area contributed by atoms with Crippen molar-refractivity contribution in [1.82, 2.24) is 15.5 Å². The highest BCUT2D eigenvalue weighted by molar-refractivity contribution is 5.94. The van der Waals surface area contributed by atoms with E-state index in [9.17, 15) is 31.1 Å². The summed E-state index contributed by atoms with van der Waals surface area (Å²) < 4.78 is 78.0. The minimum absolute atomic E-state index is 0.0158. The van der Waals surface area contributed by atoms with Gasteiger partial charge in [0.1, 0.15) is 0 Å². The molecular weight excluding hydrogens is 448 g/mol. The van der Waals surface area contributed by atoms with E-state index in [1.54, 1.807) is 0 Å². The SMILES string of the molecule is C=C(CN1CCC(CNC(=O)c2cc(C(F)(F)F)cc(C(F)(F)F)c2)CC1)NC1CCCC1. The van der Waals surface area contributed by atoms with Gasteiger partial charge in [0.05, 0.1) is 11.1 Å². The third kappa shape index (κ3) is 7.38. The van der Waals surface area contributed by atoms with Crippen LogP contribution in [0.1, 0.15) is 60.0 Å². The first-order chi connectivity index (χ1) is 15.4. The molecule has 1 aromatic carbocycles. The highest BCUT2D eigenvalue weighted by Crippen LogP contribution is 2.36. The standard InChI is InChI=1S/C23H29F6N3O/c1-15(31-20-4-2-3-5-20)14-32-8-6-16(7-9-32)13-30-21(33)17-10-18(22(24,25)26)12-19(11-17)23(27,28)29/h10-12,16,20,31H,1-9,13-14H2,(H,30,33). The van der Waals surface area contributed by atoms with Gasteiger partial charge in [0.2, 0.25) is 0 Å². The molecule has 0 atom stereocenters. The van der Waals surface area contributed by atoms with Crippen molar-refractivity contribution in [2.75, 3.05) is 26.2 Å². The number of halogens is 6. The van der Waals surface area contributed by atoms with Gasteiger partial charge in [-0.15, -0.1) is 0 Å². The average molecular weight is 477 g/mol. The van der Waals surface area contributed by atoms with Crippen LogP contribution in [0.4, 0.5) is 26.3 Å². The van der Waals surface area contributed by atoms with Crippen molar-refractivity contribution in [3.05, 3.63) is 47.2 Å². The Morgan fingerprint density at radius 2 is 1.48 bits per heavy atom. The van der Waals surface area contributed by atoms with Crippen LogP contribution in [-0.2, 0) is 12.4 Å². The Balaban J connectivity index is 1.49. The number of carbonyl (C=O) groups is 1. The highest BCUT2D eigenvalue weighted by Gasteiger charge is 2.37. The lowest BCUT2D eigenvalue weighted by Gasteiger charge is -2.33. The van der Waals surface area contributed by atoms with Crippen LogP contribution in [0, 0.1) is 5.92 Å². The largest absolute Gasteiger partial charge is 0.416 e. The average Bonchev–Trinajstić information content (AvgIpc) is 3.24. The molecule has 1 saturated carbocycles. The maximum atomic E-state index is 13.0. The number of benzene rings is 1. The fraction of sp³-hybridized carbons (Fsp3) is 0.609. The number of nitrogens with one attached hydrogen (secondary N) is 2. The Labute approximate surface area is 189 Å². The topological polar surface area (TPSA) is 44.4 Å². The maximum Gasteiger partial charge on any atom is 0.416 e. The van der Waals surface area contributed by atoms with Crippen LogP contribution in [0.15, 0.2) is 30.5 Å². The van der Waals surface area contributed by atoms with Gasteiger partial charge in [-0.1, -0.05) is 19.4 Å². The van der Waals surface area contributed by atoms with E-state index in [0.29, 0.717) is 18.2 Å². The van der Waals surface area contributed by atoms with Gasteiger partial charge < -0.3 is 10.6 Å². The van der Waals surface area contributed by atoms with E-state index < -0.39 is 35.0 Å². The Kier molecular flexibility index (Phi) is 7.97. The number of amides is 1. The van der Waals surface area contributed by atoms with E-state index in [0.717, 1.165) is 51.0 Å². The molecule has 1 aliphatic carbocycles. The van der Waals surface area contributed by atoms with E-state index in [1.807, 2.05) is 0 Å². The molecule has 0 bridgehead atoms. The van der Waals surface area contributed by atoms with Crippen molar-refractivity contribution in [1.29, 1.82) is 0 Å². The number of nitrogens with zero attached hydrogens (tertiary/aromatic N) is 1. The normalized spacial score (nSPS) is 19.0. The zero-order chi connectivity index (χ0) is 24.2. The van der Waals surface area contributed by atoms with E-state index in [2.05, 4.69) is 22.1 Å². The molecule has 0 unspecified atom stereocenters. The highest BCUT2D eigenvalue weighted by atomic mass is 19.4. The van der Waals surface area contributed by atoms with Gasteiger partial charge in [-0.2, -0.15) is 26.3 Å². The van der Waals surface area contributed by atoms with Gasteiger partial charge in [0.25, 0.3) is 5.91 Å². The van der Waals surface area contributed by atoms with E-state index in [-0.39, 0.29) is 18.5 Å². The van der Waals surface area contributed by atoms with Crippen molar-refractivity contribution in [2.45, 2.75) is 56.9 Å². The summed E-state index contributed by atoms with van der Waals surface area (Å²) in [7, 11) is 0. The first-order valence-corrected chi connectivity index (χ1v) is 11.2. The van der Waals surface area contributed by atoms with Gasteiger partial charge in [0, 0.05) is 30.4 Å². The summed E-state index contributed by atoms with van der Waals surface area (Å²) in [5, 5.41) is 5.98. The second kappa shape index (κ2) is 10.4. The van der Waals surface area contributed by atoms with Crippen LogP contribution in [0.25, 0.3) is 0 Å². The molecule has 2 fully saturated rings. The minimum atomic E-state index is -4.99. The molecule has 0 aromatic heterocycles. The molecule has 1 saturated heterocycles. The predicted molar refractivity (Wildman–Crippen MR) is 112 cm³/mol. The lowest BCUT2D eigenvalue weighted by Crippen LogP contribution is -2.41. The van der Waals surface area contributed by atoms with Crippen molar-refractivity contribution in [3.63, 3.8) is 0 Å². The molecule has 10 heteroatoms. The molecule has 1 heterocycles. The van der Waals surface area contributed by atoms with Crippen LogP contribution in [-0.4, -0.2) is 43.0 Å². The minimum Gasteiger partial charge on any atom is -0.385 e. The lowest BCUT2D eigenvalue weighted by atomic mass is 9.96. The summed E-state index contributed by atoms with van der Waals surface area (Å²) in [5.41, 5.74) is -2.66. The number of rotatable bonds is 7. The second-order valence-corrected chi connectivity index (χ2v) is 8.95. The molecule has 184 valence electrons. The van der Waals surface area contributed by atoms with Gasteiger partial charge in [-0.25, -0.2) is 0 Å². The molecular formula is C23H29F6N3O. The smallest absolute Gasteiger partial charge is 0.385 e. The maximum absolute atomic E-state index is 13.0. The molecule has 3 rings (SSSR count). The monoisotopic (exact) mass is 477 g/mol. The van der Waals surface area contributed by atoms with Crippen LogP contribution >= 0.6 is 0 Å². The van der Waals surface area contributed by atoms with Crippen LogP contribution < -0.4 is 10.6 Å². The number of piperidine rings is 1. The van der Waals surface area contributed by atoms with E-state index >= 15 is 0 Å². The van der Waals surface area contributed by atoms with Crippen LogP contribution in [0.3, 0.4) is 0 Å². The molecule has 0 radical (unpaired) electrons.